The van der Waals surface area contributed by atoms with Gasteiger partial charge in [-0.25, -0.2) is 0 Å². The van der Waals surface area contributed by atoms with Gasteiger partial charge in [-0.2, -0.15) is 5.10 Å². The number of aromatic amines is 1. The molecule has 3 aromatic rings. The second kappa shape index (κ2) is 5.98. The van der Waals surface area contributed by atoms with Crippen molar-refractivity contribution in [3.63, 3.8) is 0 Å². The number of nitrogens with one attached hydrogen (secondary N) is 2. The van der Waals surface area contributed by atoms with Crippen LogP contribution in [0.3, 0.4) is 0 Å². The van der Waals surface area contributed by atoms with E-state index in [1.807, 2.05) is 30.7 Å². The Balaban J connectivity index is 1.69. The minimum Gasteiger partial charge on any atom is -0.306 e. The average molecular weight is 284 g/mol. The van der Waals surface area contributed by atoms with Gasteiger partial charge in [0.25, 0.3) is 0 Å². The molecule has 0 bridgehead atoms. The fourth-order valence-electron chi connectivity index (χ4n) is 2.11. The lowest BCUT2D eigenvalue weighted by Gasteiger charge is -2.13. The van der Waals surface area contributed by atoms with Crippen molar-refractivity contribution in [2.75, 3.05) is 0 Å². The van der Waals surface area contributed by atoms with E-state index in [0.717, 1.165) is 12.2 Å². The summed E-state index contributed by atoms with van der Waals surface area (Å²) >= 11 is 1.72. The predicted octanol–water partition coefficient (Wildman–Crippen LogP) is 3.38. The average Bonchev–Trinajstić information content (AvgIpc) is 3.16. The normalized spacial score (nSPS) is 12.4. The third-order valence-electron chi connectivity index (χ3n) is 3.29. The Morgan fingerprint density at radius 1 is 1.30 bits per heavy atom. The molecule has 0 spiro atoms. The number of nitrogens with zero attached hydrogens (tertiary/aromatic N) is 2. The minimum atomic E-state index is 0.282. The second-order valence-electron chi connectivity index (χ2n) is 4.63. The zero-order valence-corrected chi connectivity index (χ0v) is 12.0. The fraction of sp³-hybridized carbons (Fsp3) is 0.200. The molecule has 0 aliphatic rings. The highest BCUT2D eigenvalue weighted by atomic mass is 32.1. The number of thiophene rings is 1. The Labute approximate surface area is 121 Å². The summed E-state index contributed by atoms with van der Waals surface area (Å²) in [5.74, 6) is 0. The molecular weight excluding hydrogens is 268 g/mol. The highest BCUT2D eigenvalue weighted by Gasteiger charge is 2.10. The van der Waals surface area contributed by atoms with Crippen LogP contribution in [0.4, 0.5) is 0 Å². The third kappa shape index (κ3) is 2.79. The van der Waals surface area contributed by atoms with E-state index in [1.54, 1.807) is 11.3 Å². The van der Waals surface area contributed by atoms with Gasteiger partial charge < -0.3 is 5.32 Å². The molecule has 3 aromatic heterocycles. The van der Waals surface area contributed by atoms with E-state index in [4.69, 9.17) is 0 Å². The molecule has 3 rings (SSSR count). The molecule has 0 aliphatic heterocycles. The third-order valence-corrected chi connectivity index (χ3v) is 4.18. The standard InChI is InChI=1S/C15H16N4S/c1-11(12-4-6-16-7-5-12)17-9-13-10-18-19-15(13)14-3-2-8-20-14/h2-8,10-11,17H,9H2,1H3,(H,18,19). The van der Waals surface area contributed by atoms with E-state index < -0.39 is 0 Å². The first kappa shape index (κ1) is 13.0. The molecule has 1 unspecified atom stereocenters. The maximum atomic E-state index is 4.16. The molecule has 4 nitrogen and oxygen atoms in total. The number of H-pyrrole nitrogens is 1. The summed E-state index contributed by atoms with van der Waals surface area (Å²) in [6.45, 7) is 2.94. The van der Waals surface area contributed by atoms with Gasteiger partial charge in [-0.05, 0) is 36.1 Å². The smallest absolute Gasteiger partial charge is 0.0794 e. The molecule has 2 N–H and O–H groups in total. The van der Waals surface area contributed by atoms with Crippen molar-refractivity contribution >= 4 is 11.3 Å². The minimum absolute atomic E-state index is 0.282. The van der Waals surface area contributed by atoms with Crippen LogP contribution in [0.2, 0.25) is 0 Å². The molecular formula is C15H16N4S. The summed E-state index contributed by atoms with van der Waals surface area (Å²) in [5, 5.41) is 12.8. The maximum absolute atomic E-state index is 4.16. The molecule has 5 heteroatoms. The van der Waals surface area contributed by atoms with Crippen LogP contribution < -0.4 is 5.32 Å². The van der Waals surface area contributed by atoms with Gasteiger partial charge in [-0.15, -0.1) is 11.3 Å². The molecule has 0 aliphatic carbocycles. The van der Waals surface area contributed by atoms with Gasteiger partial charge in [0, 0.05) is 30.5 Å². The summed E-state index contributed by atoms with van der Waals surface area (Å²) < 4.78 is 0. The SMILES string of the molecule is CC(NCc1cn[nH]c1-c1cccs1)c1ccncc1. The van der Waals surface area contributed by atoms with Crippen LogP contribution in [0, 0.1) is 0 Å². The molecule has 0 amide bonds. The van der Waals surface area contributed by atoms with E-state index in [-0.39, 0.29) is 6.04 Å². The molecule has 20 heavy (non-hydrogen) atoms. The largest absolute Gasteiger partial charge is 0.306 e. The summed E-state index contributed by atoms with van der Waals surface area (Å²) in [6.07, 6.45) is 5.53. The van der Waals surface area contributed by atoms with Crippen molar-refractivity contribution < 1.29 is 0 Å². The van der Waals surface area contributed by atoms with Gasteiger partial charge >= 0.3 is 0 Å². The fourth-order valence-corrected chi connectivity index (χ4v) is 2.87. The molecule has 102 valence electrons. The summed E-state index contributed by atoms with van der Waals surface area (Å²) in [7, 11) is 0. The van der Waals surface area contributed by atoms with Gasteiger partial charge in [0.15, 0.2) is 0 Å². The molecule has 3 heterocycles. The first-order valence-electron chi connectivity index (χ1n) is 6.54. The van der Waals surface area contributed by atoms with Gasteiger partial charge in [0.1, 0.15) is 0 Å². The van der Waals surface area contributed by atoms with E-state index in [2.05, 4.69) is 44.9 Å². The van der Waals surface area contributed by atoms with Crippen molar-refractivity contribution in [2.24, 2.45) is 0 Å². The molecule has 0 fully saturated rings. The number of hydrogen-bond acceptors (Lipinski definition) is 4. The van der Waals surface area contributed by atoms with Crippen molar-refractivity contribution in [3.05, 3.63) is 59.4 Å². The van der Waals surface area contributed by atoms with Crippen LogP contribution in [0.1, 0.15) is 24.1 Å². The number of hydrogen-bond donors (Lipinski definition) is 2. The summed E-state index contributed by atoms with van der Waals surface area (Å²) in [4.78, 5) is 5.26. The monoisotopic (exact) mass is 284 g/mol. The van der Waals surface area contributed by atoms with Gasteiger partial charge in [-0.3, -0.25) is 10.1 Å². The highest BCUT2D eigenvalue weighted by molar-refractivity contribution is 7.13. The van der Waals surface area contributed by atoms with Gasteiger partial charge in [0.2, 0.25) is 0 Å². The first-order valence-corrected chi connectivity index (χ1v) is 7.42. The quantitative estimate of drug-likeness (QED) is 0.755. The van der Waals surface area contributed by atoms with Crippen LogP contribution in [0.5, 0.6) is 0 Å². The predicted molar refractivity (Wildman–Crippen MR) is 81.4 cm³/mol. The Bertz CT molecular complexity index is 646. The topological polar surface area (TPSA) is 53.6 Å². The Morgan fingerprint density at radius 2 is 2.15 bits per heavy atom. The molecule has 0 saturated heterocycles. The van der Waals surface area contributed by atoms with Gasteiger partial charge in [-0.1, -0.05) is 6.07 Å². The zero-order chi connectivity index (χ0) is 13.8. The Kier molecular flexibility index (Phi) is 3.90. The number of rotatable bonds is 5. The van der Waals surface area contributed by atoms with E-state index >= 15 is 0 Å². The summed E-state index contributed by atoms with van der Waals surface area (Å²) in [5.41, 5.74) is 3.53. The highest BCUT2D eigenvalue weighted by Crippen LogP contribution is 2.26. The maximum Gasteiger partial charge on any atom is 0.0794 e. The lowest BCUT2D eigenvalue weighted by Crippen LogP contribution is -2.18. The van der Waals surface area contributed by atoms with Crippen molar-refractivity contribution in [1.29, 1.82) is 0 Å². The van der Waals surface area contributed by atoms with Crippen molar-refractivity contribution in [2.45, 2.75) is 19.5 Å². The van der Waals surface area contributed by atoms with Crippen LogP contribution >= 0.6 is 11.3 Å². The number of aromatic nitrogens is 3. The lowest BCUT2D eigenvalue weighted by atomic mass is 10.1. The second-order valence-corrected chi connectivity index (χ2v) is 5.58. The molecule has 1 atom stereocenters. The van der Waals surface area contributed by atoms with Crippen LogP contribution in [0.25, 0.3) is 10.6 Å². The van der Waals surface area contributed by atoms with Gasteiger partial charge in [0.05, 0.1) is 16.8 Å². The molecule has 0 radical (unpaired) electrons. The zero-order valence-electron chi connectivity index (χ0n) is 11.2. The number of pyridine rings is 1. The van der Waals surface area contributed by atoms with Crippen molar-refractivity contribution in [3.8, 4) is 10.6 Å². The molecule has 0 saturated carbocycles. The van der Waals surface area contributed by atoms with Crippen LogP contribution in [-0.2, 0) is 6.54 Å². The Hall–Kier alpha value is -1.98. The van der Waals surface area contributed by atoms with Crippen LogP contribution in [0.15, 0.2) is 48.2 Å². The van der Waals surface area contributed by atoms with Crippen LogP contribution in [-0.4, -0.2) is 15.2 Å². The Morgan fingerprint density at radius 3 is 2.90 bits per heavy atom. The van der Waals surface area contributed by atoms with E-state index in [9.17, 15) is 0 Å². The molecule has 0 aromatic carbocycles. The first-order chi connectivity index (χ1) is 9.84. The van der Waals surface area contributed by atoms with E-state index in [1.165, 1.54) is 16.0 Å². The van der Waals surface area contributed by atoms with Crippen molar-refractivity contribution in [1.82, 2.24) is 20.5 Å². The lowest BCUT2D eigenvalue weighted by molar-refractivity contribution is 0.575. The summed E-state index contributed by atoms with van der Waals surface area (Å²) in [6, 6.07) is 8.51. The van der Waals surface area contributed by atoms with E-state index in [0.29, 0.717) is 0 Å².